The summed E-state index contributed by atoms with van der Waals surface area (Å²) < 4.78 is 12.1. The summed E-state index contributed by atoms with van der Waals surface area (Å²) in [5, 5.41) is 11.0. The van der Waals surface area contributed by atoms with Crippen LogP contribution in [0.3, 0.4) is 0 Å². The summed E-state index contributed by atoms with van der Waals surface area (Å²) in [6, 6.07) is 7.72. The molecule has 0 aliphatic carbocycles. The standard InChI is InChI=1S/C53H86N4O10S/c1-14-35(6)49(44(66-11)31-47(62)56-27-21-24-41(56)51(67-12)37(8)42(58)28-36(7)50(63)38-22-17-15-18-23-38)55(10)53(65)40(33(2)3)30-43(59)48(34(4)5)54(9)45(60)25-19-16-20-26-57-46(61)29-39(32-68-13)52(57)64/h15,17-18,22-23,33-37,39-41,44,48-51,63H,14,16,19-21,24-32H2,1-13H3/t35-,36-,37-,39?,40-,41-,44+,48-,49-,50+,51+/m0/s1. The molecule has 1 aromatic carbocycles. The number of likely N-dealkylation sites (tertiary alicyclic amines) is 2. The van der Waals surface area contributed by atoms with Gasteiger partial charge in [0.1, 0.15) is 5.78 Å². The van der Waals surface area contributed by atoms with Gasteiger partial charge in [-0.25, -0.2) is 0 Å². The van der Waals surface area contributed by atoms with E-state index in [0.717, 1.165) is 12.0 Å². The van der Waals surface area contributed by atoms with Crippen molar-refractivity contribution >= 4 is 52.9 Å². The molecule has 0 aromatic heterocycles. The molecule has 2 aliphatic rings. The highest BCUT2D eigenvalue weighted by molar-refractivity contribution is 7.98. The molecule has 1 aromatic rings. The SMILES string of the molecule is CC[C@H](C)[C@@H]([C@@H](CC(=O)N1CCC[C@H]1[C@H](OC)[C@@H](C)C(=O)C[C@H](C)[C@@H](O)c1ccccc1)OC)N(C)C(=O)[C@@H](CC(=O)[C@H](C(C)C)N(C)C(=O)CCCCCN1C(=O)CC(CSC)C1=O)C(C)C. The summed E-state index contributed by atoms with van der Waals surface area (Å²) in [7, 11) is 6.50. The van der Waals surface area contributed by atoms with E-state index in [4.69, 9.17) is 9.47 Å². The summed E-state index contributed by atoms with van der Waals surface area (Å²) in [6.45, 7) is 16.2. The Bertz CT molecular complexity index is 1810. The van der Waals surface area contributed by atoms with E-state index >= 15 is 0 Å². The van der Waals surface area contributed by atoms with E-state index in [0.29, 0.717) is 50.9 Å². The number of ether oxygens (including phenoxy) is 2. The first-order valence-electron chi connectivity index (χ1n) is 25.2. The van der Waals surface area contributed by atoms with Gasteiger partial charge in [-0.2, -0.15) is 11.8 Å². The number of thioether (sulfide) groups is 1. The van der Waals surface area contributed by atoms with Crippen molar-refractivity contribution in [2.75, 3.05) is 53.4 Å². The fraction of sp³-hybridized carbons (Fsp3) is 0.755. The summed E-state index contributed by atoms with van der Waals surface area (Å²) in [5.74, 6) is -2.69. The Kier molecular flexibility index (Phi) is 24.4. The van der Waals surface area contributed by atoms with Crippen molar-refractivity contribution in [3.8, 4) is 0 Å². The van der Waals surface area contributed by atoms with Crippen molar-refractivity contribution in [1.29, 1.82) is 0 Å². The van der Waals surface area contributed by atoms with Gasteiger partial charge in [-0.15, -0.1) is 0 Å². The Morgan fingerprint density at radius 3 is 2.07 bits per heavy atom. The zero-order valence-electron chi connectivity index (χ0n) is 43.6. The third kappa shape index (κ3) is 15.4. The van der Waals surface area contributed by atoms with E-state index in [2.05, 4.69) is 0 Å². The summed E-state index contributed by atoms with van der Waals surface area (Å²) in [4.78, 5) is 102. The first-order chi connectivity index (χ1) is 32.2. The second kappa shape index (κ2) is 28.3. The first kappa shape index (κ1) is 58.7. The van der Waals surface area contributed by atoms with Gasteiger partial charge in [-0.05, 0) is 61.2 Å². The molecule has 0 radical (unpaired) electrons. The molecule has 2 fully saturated rings. The van der Waals surface area contributed by atoms with Gasteiger partial charge in [-0.3, -0.25) is 38.5 Å². The molecule has 14 nitrogen and oxygen atoms in total. The van der Waals surface area contributed by atoms with Gasteiger partial charge in [0.05, 0.1) is 48.8 Å². The Morgan fingerprint density at radius 1 is 0.838 bits per heavy atom. The van der Waals surface area contributed by atoms with Crippen LogP contribution < -0.4 is 0 Å². The largest absolute Gasteiger partial charge is 0.388 e. The zero-order valence-corrected chi connectivity index (χ0v) is 44.4. The van der Waals surface area contributed by atoms with E-state index in [1.807, 2.05) is 96.9 Å². The number of carbonyl (C=O) groups excluding carboxylic acids is 7. The fourth-order valence-corrected chi connectivity index (χ4v) is 11.2. The third-order valence-electron chi connectivity index (χ3n) is 14.8. The van der Waals surface area contributed by atoms with Crippen molar-refractivity contribution in [3.63, 3.8) is 0 Å². The van der Waals surface area contributed by atoms with Crippen LogP contribution in [0.2, 0.25) is 0 Å². The minimum Gasteiger partial charge on any atom is -0.388 e. The normalized spacial score (nSPS) is 20.5. The highest BCUT2D eigenvalue weighted by Crippen LogP contribution is 2.33. The average molecular weight is 971 g/mol. The maximum atomic E-state index is 14.7. The number of amides is 5. The van der Waals surface area contributed by atoms with Gasteiger partial charge in [0.25, 0.3) is 0 Å². The van der Waals surface area contributed by atoms with Crippen molar-refractivity contribution in [2.24, 2.45) is 41.4 Å². The summed E-state index contributed by atoms with van der Waals surface area (Å²) >= 11 is 1.56. The lowest BCUT2D eigenvalue weighted by atomic mass is 9.83. The number of imide groups is 1. The number of carbonyl (C=O) groups is 7. The molecule has 0 bridgehead atoms. The van der Waals surface area contributed by atoms with E-state index in [1.54, 1.807) is 45.0 Å². The quantitative estimate of drug-likeness (QED) is 0.0609. The van der Waals surface area contributed by atoms with Crippen molar-refractivity contribution in [1.82, 2.24) is 19.6 Å². The number of likely N-dealkylation sites (N-methyl/N-ethyl adjacent to an activating group) is 2. The lowest BCUT2D eigenvalue weighted by molar-refractivity contribution is -0.149. The van der Waals surface area contributed by atoms with Crippen LogP contribution in [-0.4, -0.2) is 150 Å². The van der Waals surface area contributed by atoms with Gasteiger partial charge in [0.15, 0.2) is 5.78 Å². The van der Waals surface area contributed by atoms with Crippen molar-refractivity contribution in [2.45, 2.75) is 162 Å². The molecular weight excluding hydrogens is 885 g/mol. The van der Waals surface area contributed by atoms with Gasteiger partial charge >= 0.3 is 0 Å². The van der Waals surface area contributed by atoms with Crippen LogP contribution in [0, 0.1) is 41.4 Å². The van der Waals surface area contributed by atoms with Crippen LogP contribution in [-0.2, 0) is 43.0 Å². The minimum absolute atomic E-state index is 0.000533. The molecule has 1 N–H and O–H groups in total. The van der Waals surface area contributed by atoms with Gasteiger partial charge in [-0.1, -0.05) is 98.6 Å². The number of unbranched alkanes of at least 4 members (excludes halogenated alkanes) is 2. The van der Waals surface area contributed by atoms with Gasteiger partial charge in [0, 0.05) is 84.7 Å². The zero-order chi connectivity index (χ0) is 51.0. The molecule has 2 heterocycles. The molecule has 11 atom stereocenters. The molecule has 384 valence electrons. The predicted molar refractivity (Wildman–Crippen MR) is 267 cm³/mol. The van der Waals surface area contributed by atoms with Gasteiger partial charge in [0.2, 0.25) is 29.5 Å². The second-order valence-corrected chi connectivity index (χ2v) is 21.3. The molecule has 1 unspecified atom stereocenters. The highest BCUT2D eigenvalue weighted by Gasteiger charge is 2.44. The lowest BCUT2D eigenvalue weighted by Crippen LogP contribution is -2.54. The Morgan fingerprint density at radius 2 is 1.50 bits per heavy atom. The number of aliphatic hydroxyl groups is 1. The van der Waals surface area contributed by atoms with Crippen LogP contribution in [0.1, 0.15) is 138 Å². The first-order valence-corrected chi connectivity index (χ1v) is 26.5. The van der Waals surface area contributed by atoms with E-state index in [9.17, 15) is 38.7 Å². The third-order valence-corrected chi connectivity index (χ3v) is 15.6. The number of methoxy groups -OCH3 is 2. The highest BCUT2D eigenvalue weighted by atomic mass is 32.2. The van der Waals surface area contributed by atoms with Crippen LogP contribution in [0.15, 0.2) is 30.3 Å². The molecule has 15 heteroatoms. The summed E-state index contributed by atoms with van der Waals surface area (Å²) in [6.07, 6.45) is 4.40. The van der Waals surface area contributed by atoms with E-state index in [1.165, 1.54) is 9.80 Å². The molecule has 5 amide bonds. The molecule has 2 saturated heterocycles. The maximum absolute atomic E-state index is 14.7. The molecule has 0 saturated carbocycles. The van der Waals surface area contributed by atoms with Crippen molar-refractivity contribution in [3.05, 3.63) is 35.9 Å². The molecule has 2 aliphatic heterocycles. The molecule has 68 heavy (non-hydrogen) atoms. The van der Waals surface area contributed by atoms with Crippen LogP contribution in [0.4, 0.5) is 0 Å². The molecule has 0 spiro atoms. The number of nitrogens with zero attached hydrogens (tertiary/aromatic N) is 4. The van der Waals surface area contributed by atoms with Gasteiger partial charge < -0.3 is 29.3 Å². The Hall–Kier alpha value is -3.66. The minimum atomic E-state index is -0.792. The molecular formula is C53H86N4O10S. The smallest absolute Gasteiger partial charge is 0.233 e. The van der Waals surface area contributed by atoms with Crippen LogP contribution in [0.25, 0.3) is 0 Å². The second-order valence-electron chi connectivity index (χ2n) is 20.4. The fourth-order valence-electron chi connectivity index (χ4n) is 10.5. The van der Waals surface area contributed by atoms with E-state index < -0.39 is 42.2 Å². The topological polar surface area (TPSA) is 171 Å². The average Bonchev–Trinajstić information content (AvgIpc) is 3.90. The summed E-state index contributed by atoms with van der Waals surface area (Å²) in [5.41, 5.74) is 0.756. The Labute approximate surface area is 412 Å². The Balaban J connectivity index is 1.68. The number of hydrogen-bond donors (Lipinski definition) is 1. The van der Waals surface area contributed by atoms with Crippen molar-refractivity contribution < 1.29 is 48.1 Å². The number of ketones is 2. The molecule has 3 rings (SSSR count). The number of aliphatic hydroxyl groups excluding tert-OH is 1. The lowest BCUT2D eigenvalue weighted by Gasteiger charge is -2.41. The van der Waals surface area contributed by atoms with Crippen LogP contribution >= 0.6 is 11.8 Å². The number of rotatable bonds is 30. The number of hydrogen-bond acceptors (Lipinski definition) is 11. The maximum Gasteiger partial charge on any atom is 0.233 e. The number of Topliss-reactive ketones (excluding diaryl/α,β-unsaturated/α-hetero) is 2. The van der Waals surface area contributed by atoms with Crippen LogP contribution in [0.5, 0.6) is 0 Å². The van der Waals surface area contributed by atoms with E-state index in [-0.39, 0.29) is 109 Å². The number of benzene rings is 1. The monoisotopic (exact) mass is 971 g/mol. The predicted octanol–water partition coefficient (Wildman–Crippen LogP) is 7.25.